The lowest BCUT2D eigenvalue weighted by Gasteiger charge is -2.32. The number of benzene rings is 3. The Bertz CT molecular complexity index is 1220. The highest BCUT2D eigenvalue weighted by atomic mass is 16.3. The molecule has 0 saturated carbocycles. The summed E-state index contributed by atoms with van der Waals surface area (Å²) in [5.74, 6) is 0.793. The summed E-state index contributed by atoms with van der Waals surface area (Å²) in [6.45, 7) is 3.88. The molecule has 0 fully saturated rings. The first-order valence-corrected chi connectivity index (χ1v) is 11.4. The van der Waals surface area contributed by atoms with E-state index < -0.39 is 6.04 Å². The molecule has 0 aliphatic carbocycles. The number of furan rings is 1. The second-order valence-electron chi connectivity index (χ2n) is 8.35. The fourth-order valence-corrected chi connectivity index (χ4v) is 4.08. The number of nitrogens with one attached hydrogen (secondary N) is 2. The standard InChI is InChI=1S/C29H28N2O3/c1-20-18-19-25(34-20)27(31-29(33)24-16-10-5-11-17-24)21(2)26(22-12-6-3-7-13-22)30-28(32)23-14-8-4-9-15-23/h3-19,21,26-27H,1-2H3,(H,30,32)(H,31,33)/t21-,26+,27+/m0/s1. The Morgan fingerprint density at radius 3 is 1.59 bits per heavy atom. The Morgan fingerprint density at radius 1 is 0.647 bits per heavy atom. The Hall–Kier alpha value is -4.12. The minimum absolute atomic E-state index is 0.176. The van der Waals surface area contributed by atoms with E-state index in [0.717, 1.165) is 11.3 Å². The lowest BCUT2D eigenvalue weighted by atomic mass is 9.86. The van der Waals surface area contributed by atoms with Gasteiger partial charge in [-0.3, -0.25) is 9.59 Å². The number of hydrogen-bond acceptors (Lipinski definition) is 3. The van der Waals surface area contributed by atoms with Crippen LogP contribution in [-0.2, 0) is 0 Å². The molecule has 172 valence electrons. The molecule has 0 unspecified atom stereocenters. The first kappa shape index (κ1) is 23.1. The number of aryl methyl sites for hydroxylation is 1. The molecule has 3 aromatic carbocycles. The monoisotopic (exact) mass is 452 g/mol. The molecule has 0 aliphatic heterocycles. The van der Waals surface area contributed by atoms with Crippen molar-refractivity contribution >= 4 is 11.8 Å². The van der Waals surface area contributed by atoms with E-state index in [2.05, 4.69) is 10.6 Å². The highest BCUT2D eigenvalue weighted by Gasteiger charge is 2.33. The summed E-state index contributed by atoms with van der Waals surface area (Å²) in [5, 5.41) is 6.33. The van der Waals surface area contributed by atoms with Crippen molar-refractivity contribution in [3.8, 4) is 0 Å². The summed E-state index contributed by atoms with van der Waals surface area (Å²) in [5.41, 5.74) is 2.09. The van der Waals surface area contributed by atoms with E-state index >= 15 is 0 Å². The van der Waals surface area contributed by atoms with Gasteiger partial charge < -0.3 is 15.1 Å². The van der Waals surface area contributed by atoms with Crippen LogP contribution in [0.15, 0.2) is 108 Å². The smallest absolute Gasteiger partial charge is 0.251 e. The van der Waals surface area contributed by atoms with Gasteiger partial charge >= 0.3 is 0 Å². The van der Waals surface area contributed by atoms with Gasteiger partial charge in [-0.15, -0.1) is 0 Å². The van der Waals surface area contributed by atoms with Crippen LogP contribution in [0.4, 0.5) is 0 Å². The third-order valence-corrected chi connectivity index (χ3v) is 5.92. The van der Waals surface area contributed by atoms with Gasteiger partial charge in [0, 0.05) is 17.0 Å². The molecule has 4 aromatic rings. The van der Waals surface area contributed by atoms with Crippen LogP contribution >= 0.6 is 0 Å². The zero-order chi connectivity index (χ0) is 23.9. The first-order valence-electron chi connectivity index (χ1n) is 11.4. The number of hydrogen-bond donors (Lipinski definition) is 2. The summed E-state index contributed by atoms with van der Waals surface area (Å²) < 4.78 is 5.95. The van der Waals surface area contributed by atoms with Crippen molar-refractivity contribution in [3.05, 3.63) is 131 Å². The highest BCUT2D eigenvalue weighted by molar-refractivity contribution is 5.95. The molecule has 0 spiro atoms. The minimum Gasteiger partial charge on any atom is -0.464 e. The summed E-state index contributed by atoms with van der Waals surface area (Å²) in [6.07, 6.45) is 0. The van der Waals surface area contributed by atoms with E-state index in [4.69, 9.17) is 4.42 Å². The first-order chi connectivity index (χ1) is 16.5. The fourth-order valence-electron chi connectivity index (χ4n) is 4.08. The summed E-state index contributed by atoms with van der Waals surface area (Å²) in [7, 11) is 0. The van der Waals surface area contributed by atoms with Gasteiger partial charge in [0.1, 0.15) is 11.5 Å². The maximum Gasteiger partial charge on any atom is 0.251 e. The summed E-state index contributed by atoms with van der Waals surface area (Å²) >= 11 is 0. The van der Waals surface area contributed by atoms with E-state index in [1.54, 1.807) is 24.3 Å². The lowest BCUT2D eigenvalue weighted by molar-refractivity contribution is 0.0882. The van der Waals surface area contributed by atoms with Gasteiger partial charge in [0.05, 0.1) is 12.1 Å². The topological polar surface area (TPSA) is 71.3 Å². The minimum atomic E-state index is -0.470. The quantitative estimate of drug-likeness (QED) is 0.351. The van der Waals surface area contributed by atoms with Gasteiger partial charge in [-0.2, -0.15) is 0 Å². The molecule has 2 amide bonds. The molecule has 2 N–H and O–H groups in total. The normalized spacial score (nSPS) is 13.5. The van der Waals surface area contributed by atoms with Crippen molar-refractivity contribution < 1.29 is 14.0 Å². The molecule has 3 atom stereocenters. The van der Waals surface area contributed by atoms with Gasteiger partial charge in [0.2, 0.25) is 0 Å². The van der Waals surface area contributed by atoms with Gasteiger partial charge in [0.25, 0.3) is 11.8 Å². The van der Waals surface area contributed by atoms with Crippen LogP contribution in [-0.4, -0.2) is 11.8 Å². The van der Waals surface area contributed by atoms with Gasteiger partial charge in [-0.25, -0.2) is 0 Å². The maximum absolute atomic E-state index is 13.1. The van der Waals surface area contributed by atoms with Gasteiger partial charge in [-0.1, -0.05) is 73.7 Å². The number of carbonyl (C=O) groups excluding carboxylic acids is 2. The summed E-state index contributed by atoms with van der Waals surface area (Å²) in [6, 6.07) is 30.9. The van der Waals surface area contributed by atoms with Crippen molar-refractivity contribution in [2.45, 2.75) is 25.9 Å². The van der Waals surface area contributed by atoms with Crippen molar-refractivity contribution in [1.29, 1.82) is 0 Å². The lowest BCUT2D eigenvalue weighted by Crippen LogP contribution is -2.40. The highest BCUT2D eigenvalue weighted by Crippen LogP contribution is 2.34. The van der Waals surface area contributed by atoms with Crippen molar-refractivity contribution in [2.75, 3.05) is 0 Å². The Labute approximate surface area is 199 Å². The summed E-state index contributed by atoms with van der Waals surface area (Å²) in [4.78, 5) is 26.2. The predicted molar refractivity (Wildman–Crippen MR) is 132 cm³/mol. The van der Waals surface area contributed by atoms with Crippen LogP contribution in [0.25, 0.3) is 0 Å². The van der Waals surface area contributed by atoms with Crippen molar-refractivity contribution in [1.82, 2.24) is 10.6 Å². The van der Waals surface area contributed by atoms with Crippen LogP contribution in [0.3, 0.4) is 0 Å². The van der Waals surface area contributed by atoms with Gasteiger partial charge in [0.15, 0.2) is 0 Å². The van der Waals surface area contributed by atoms with E-state index in [9.17, 15) is 9.59 Å². The number of amides is 2. The third-order valence-electron chi connectivity index (χ3n) is 5.92. The second-order valence-corrected chi connectivity index (χ2v) is 8.35. The molecule has 5 nitrogen and oxygen atoms in total. The van der Waals surface area contributed by atoms with E-state index in [1.807, 2.05) is 92.7 Å². The zero-order valence-corrected chi connectivity index (χ0v) is 19.3. The Morgan fingerprint density at radius 2 is 1.12 bits per heavy atom. The molecule has 5 heteroatoms. The average Bonchev–Trinajstić information content (AvgIpc) is 3.32. The molecular weight excluding hydrogens is 424 g/mol. The fraction of sp³-hybridized carbons (Fsp3) is 0.172. The van der Waals surface area contributed by atoms with Crippen LogP contribution in [0.2, 0.25) is 0 Å². The SMILES string of the molecule is Cc1ccc([C@H](NC(=O)c2ccccc2)[C@@H](C)[C@@H](NC(=O)c2ccccc2)c2ccccc2)o1. The molecular formula is C29H28N2O3. The molecule has 1 heterocycles. The largest absolute Gasteiger partial charge is 0.464 e. The predicted octanol–water partition coefficient (Wildman–Crippen LogP) is 5.87. The Kier molecular flexibility index (Phi) is 7.23. The number of rotatable bonds is 8. The second kappa shape index (κ2) is 10.7. The van der Waals surface area contributed by atoms with Crippen LogP contribution in [0.5, 0.6) is 0 Å². The molecule has 0 bridgehead atoms. The molecule has 1 aromatic heterocycles. The van der Waals surface area contributed by atoms with Crippen LogP contribution < -0.4 is 10.6 Å². The zero-order valence-electron chi connectivity index (χ0n) is 19.3. The van der Waals surface area contributed by atoms with Crippen LogP contribution in [0.1, 0.15) is 56.8 Å². The van der Waals surface area contributed by atoms with Crippen molar-refractivity contribution in [3.63, 3.8) is 0 Å². The van der Waals surface area contributed by atoms with Crippen molar-refractivity contribution in [2.24, 2.45) is 5.92 Å². The van der Waals surface area contributed by atoms with E-state index in [0.29, 0.717) is 16.9 Å². The van der Waals surface area contributed by atoms with Gasteiger partial charge in [-0.05, 0) is 48.9 Å². The molecule has 0 saturated heterocycles. The Balaban J connectivity index is 1.68. The van der Waals surface area contributed by atoms with E-state index in [1.165, 1.54) is 0 Å². The third kappa shape index (κ3) is 5.44. The number of carbonyl (C=O) groups is 2. The average molecular weight is 453 g/mol. The maximum atomic E-state index is 13.1. The molecule has 0 aliphatic rings. The molecule has 34 heavy (non-hydrogen) atoms. The molecule has 4 rings (SSSR count). The molecule has 0 radical (unpaired) electrons. The van der Waals surface area contributed by atoms with E-state index in [-0.39, 0.29) is 23.8 Å². The van der Waals surface area contributed by atoms with Crippen LogP contribution in [0, 0.1) is 12.8 Å².